The third-order valence-electron chi connectivity index (χ3n) is 1.92. The molecule has 1 rings (SSSR count). The maximum atomic E-state index is 8.62. The van der Waals surface area contributed by atoms with E-state index in [4.69, 9.17) is 19.3 Å². The van der Waals surface area contributed by atoms with Crippen molar-refractivity contribution >= 4 is 0 Å². The Labute approximate surface area is 89.4 Å². The summed E-state index contributed by atoms with van der Waals surface area (Å²) in [6.45, 7) is 0.288. The molecule has 1 aromatic carbocycles. The van der Waals surface area contributed by atoms with E-state index in [2.05, 4.69) is 0 Å². The highest BCUT2D eigenvalue weighted by Gasteiger charge is 2.09. The number of methoxy groups -OCH3 is 2. The largest absolute Gasteiger partial charge is 0.491 e. The molecule has 0 saturated heterocycles. The molecule has 0 aliphatic rings. The highest BCUT2D eigenvalue weighted by Crippen LogP contribution is 2.21. The second kappa shape index (κ2) is 6.40. The summed E-state index contributed by atoms with van der Waals surface area (Å²) in [6.07, 6.45) is -0.386. The Morgan fingerprint density at radius 3 is 2.60 bits per heavy atom. The normalized spacial score (nSPS) is 10.7. The monoisotopic (exact) mass is 212 g/mol. The zero-order valence-electron chi connectivity index (χ0n) is 8.97. The maximum Gasteiger partial charge on any atom is 0.183 e. The Hall–Kier alpha value is -1.10. The topological polar surface area (TPSA) is 47.9 Å². The van der Waals surface area contributed by atoms with Crippen molar-refractivity contribution in [1.82, 2.24) is 0 Å². The van der Waals surface area contributed by atoms with Crippen LogP contribution in [0.2, 0.25) is 0 Å². The van der Waals surface area contributed by atoms with E-state index in [9.17, 15) is 0 Å². The molecular formula is C11H16O4. The molecule has 0 amide bonds. The SMILES string of the molecule is COC(OC)c1cccc(OCCO)c1. The van der Waals surface area contributed by atoms with Gasteiger partial charge in [-0.2, -0.15) is 0 Å². The molecule has 0 aliphatic heterocycles. The van der Waals surface area contributed by atoms with E-state index in [0.29, 0.717) is 5.75 Å². The summed E-state index contributed by atoms with van der Waals surface area (Å²) >= 11 is 0. The molecule has 0 atom stereocenters. The molecule has 0 fully saturated rings. The van der Waals surface area contributed by atoms with Crippen LogP contribution in [0.25, 0.3) is 0 Å². The molecule has 0 unspecified atom stereocenters. The third-order valence-corrected chi connectivity index (χ3v) is 1.92. The van der Waals surface area contributed by atoms with E-state index in [-0.39, 0.29) is 19.5 Å². The number of hydrogen-bond acceptors (Lipinski definition) is 4. The molecule has 4 nitrogen and oxygen atoms in total. The summed E-state index contributed by atoms with van der Waals surface area (Å²) in [5.41, 5.74) is 0.885. The van der Waals surface area contributed by atoms with Gasteiger partial charge in [-0.25, -0.2) is 0 Å². The predicted octanol–water partition coefficient (Wildman–Crippen LogP) is 1.35. The molecule has 1 aromatic rings. The van der Waals surface area contributed by atoms with Crippen LogP contribution in [0.5, 0.6) is 5.75 Å². The molecule has 4 heteroatoms. The van der Waals surface area contributed by atoms with E-state index >= 15 is 0 Å². The Bertz CT molecular complexity index is 284. The van der Waals surface area contributed by atoms with Gasteiger partial charge in [-0.05, 0) is 12.1 Å². The van der Waals surface area contributed by atoms with Crippen molar-refractivity contribution in [3.8, 4) is 5.75 Å². The molecule has 0 saturated carbocycles. The molecule has 0 radical (unpaired) electrons. The van der Waals surface area contributed by atoms with Crippen molar-refractivity contribution < 1.29 is 19.3 Å². The summed E-state index contributed by atoms with van der Waals surface area (Å²) in [6, 6.07) is 7.39. The van der Waals surface area contributed by atoms with Gasteiger partial charge in [0.2, 0.25) is 0 Å². The van der Waals surface area contributed by atoms with Crippen LogP contribution in [0.1, 0.15) is 11.9 Å². The standard InChI is InChI=1S/C11H16O4/c1-13-11(14-2)9-4-3-5-10(8-9)15-7-6-12/h3-5,8,11-12H,6-7H2,1-2H3. The second-order valence-corrected chi connectivity index (χ2v) is 2.95. The zero-order valence-corrected chi connectivity index (χ0v) is 8.97. The van der Waals surface area contributed by atoms with Gasteiger partial charge >= 0.3 is 0 Å². The van der Waals surface area contributed by atoms with E-state index in [1.54, 1.807) is 14.2 Å². The fraction of sp³-hybridized carbons (Fsp3) is 0.455. The number of rotatable bonds is 6. The third kappa shape index (κ3) is 3.51. The van der Waals surface area contributed by atoms with Crippen LogP contribution < -0.4 is 4.74 Å². The fourth-order valence-corrected chi connectivity index (χ4v) is 1.28. The van der Waals surface area contributed by atoms with Crippen molar-refractivity contribution in [3.05, 3.63) is 29.8 Å². The van der Waals surface area contributed by atoms with Gasteiger partial charge in [-0.1, -0.05) is 12.1 Å². The van der Waals surface area contributed by atoms with Gasteiger partial charge in [-0.3, -0.25) is 0 Å². The van der Waals surface area contributed by atoms with Crippen LogP contribution in [0.3, 0.4) is 0 Å². The minimum absolute atomic E-state index is 0.00219. The van der Waals surface area contributed by atoms with Crippen LogP contribution in [0.4, 0.5) is 0 Å². The lowest BCUT2D eigenvalue weighted by Gasteiger charge is -2.14. The van der Waals surface area contributed by atoms with Crippen LogP contribution in [0, 0.1) is 0 Å². The predicted molar refractivity (Wildman–Crippen MR) is 55.8 cm³/mol. The van der Waals surface area contributed by atoms with Crippen LogP contribution in [-0.4, -0.2) is 32.5 Å². The van der Waals surface area contributed by atoms with Gasteiger partial charge in [0.15, 0.2) is 6.29 Å². The first kappa shape index (κ1) is 12.0. The summed E-state index contributed by atoms with van der Waals surface area (Å²) in [5, 5.41) is 8.62. The number of aliphatic hydroxyl groups excluding tert-OH is 1. The second-order valence-electron chi connectivity index (χ2n) is 2.95. The molecule has 15 heavy (non-hydrogen) atoms. The Morgan fingerprint density at radius 2 is 2.00 bits per heavy atom. The molecule has 0 aliphatic carbocycles. The summed E-state index contributed by atoms with van der Waals surface area (Å²) in [7, 11) is 3.16. The number of aliphatic hydroxyl groups is 1. The Kier molecular flexibility index (Phi) is 5.10. The zero-order chi connectivity index (χ0) is 11.1. The number of hydrogen-bond donors (Lipinski definition) is 1. The van der Waals surface area contributed by atoms with Gasteiger partial charge in [0.1, 0.15) is 12.4 Å². The first-order valence-electron chi connectivity index (χ1n) is 4.71. The average molecular weight is 212 g/mol. The minimum Gasteiger partial charge on any atom is -0.491 e. The number of ether oxygens (including phenoxy) is 3. The van der Waals surface area contributed by atoms with Gasteiger partial charge in [0, 0.05) is 19.8 Å². The molecular weight excluding hydrogens is 196 g/mol. The fourth-order valence-electron chi connectivity index (χ4n) is 1.28. The van der Waals surface area contributed by atoms with Gasteiger partial charge in [0.25, 0.3) is 0 Å². The highest BCUT2D eigenvalue weighted by molar-refractivity contribution is 5.29. The van der Waals surface area contributed by atoms with Crippen molar-refractivity contribution in [3.63, 3.8) is 0 Å². The Balaban J connectivity index is 2.72. The lowest BCUT2D eigenvalue weighted by atomic mass is 10.2. The van der Waals surface area contributed by atoms with Gasteiger partial charge in [0.05, 0.1) is 6.61 Å². The quantitative estimate of drug-likeness (QED) is 0.723. The number of benzene rings is 1. The van der Waals surface area contributed by atoms with Crippen molar-refractivity contribution in [2.45, 2.75) is 6.29 Å². The van der Waals surface area contributed by atoms with Gasteiger partial charge in [-0.15, -0.1) is 0 Å². The minimum atomic E-state index is -0.386. The van der Waals surface area contributed by atoms with Crippen molar-refractivity contribution in [1.29, 1.82) is 0 Å². The molecule has 0 spiro atoms. The first-order chi connectivity index (χ1) is 7.31. The highest BCUT2D eigenvalue weighted by atomic mass is 16.7. The van der Waals surface area contributed by atoms with Crippen LogP contribution >= 0.6 is 0 Å². The smallest absolute Gasteiger partial charge is 0.183 e. The van der Waals surface area contributed by atoms with E-state index in [1.165, 1.54) is 0 Å². The molecule has 84 valence electrons. The molecule has 0 bridgehead atoms. The van der Waals surface area contributed by atoms with E-state index in [0.717, 1.165) is 5.56 Å². The summed E-state index contributed by atoms with van der Waals surface area (Å²) in [4.78, 5) is 0. The van der Waals surface area contributed by atoms with Crippen LogP contribution in [-0.2, 0) is 9.47 Å². The summed E-state index contributed by atoms with van der Waals surface area (Å²) in [5.74, 6) is 0.695. The lowest BCUT2D eigenvalue weighted by molar-refractivity contribution is -0.106. The Morgan fingerprint density at radius 1 is 1.27 bits per heavy atom. The maximum absolute atomic E-state index is 8.62. The first-order valence-corrected chi connectivity index (χ1v) is 4.71. The van der Waals surface area contributed by atoms with Crippen molar-refractivity contribution in [2.75, 3.05) is 27.4 Å². The molecule has 0 aromatic heterocycles. The van der Waals surface area contributed by atoms with Crippen molar-refractivity contribution in [2.24, 2.45) is 0 Å². The molecule has 1 N–H and O–H groups in total. The van der Waals surface area contributed by atoms with Crippen LogP contribution in [0.15, 0.2) is 24.3 Å². The lowest BCUT2D eigenvalue weighted by Crippen LogP contribution is -2.05. The van der Waals surface area contributed by atoms with Gasteiger partial charge < -0.3 is 19.3 Å². The van der Waals surface area contributed by atoms with E-state index in [1.807, 2.05) is 24.3 Å². The summed E-state index contributed by atoms with van der Waals surface area (Å²) < 4.78 is 15.5. The average Bonchev–Trinajstić information content (AvgIpc) is 2.29. The molecule has 0 heterocycles. The van der Waals surface area contributed by atoms with E-state index < -0.39 is 0 Å².